The van der Waals surface area contributed by atoms with E-state index in [1.165, 1.54) is 0 Å². The van der Waals surface area contributed by atoms with Crippen LogP contribution in [0.1, 0.15) is 36.1 Å². The van der Waals surface area contributed by atoms with Crippen LogP contribution in [0.5, 0.6) is 0 Å². The molecule has 0 aliphatic rings. The predicted molar refractivity (Wildman–Crippen MR) is 174 cm³/mol. The van der Waals surface area contributed by atoms with E-state index < -0.39 is 0 Å². The van der Waals surface area contributed by atoms with E-state index in [-0.39, 0.29) is 0 Å². The van der Waals surface area contributed by atoms with E-state index in [1.54, 1.807) is 24.9 Å². The van der Waals surface area contributed by atoms with E-state index in [4.69, 9.17) is 20.9 Å². The van der Waals surface area contributed by atoms with Gasteiger partial charge in [-0.05, 0) is 86.4 Å². The summed E-state index contributed by atoms with van der Waals surface area (Å²) in [6.07, 6.45) is 10.7. The summed E-state index contributed by atoms with van der Waals surface area (Å²) in [6.45, 7) is 9.28. The summed E-state index contributed by atoms with van der Waals surface area (Å²) in [6, 6.07) is 16.5. The Labute approximate surface area is 244 Å². The Morgan fingerprint density at radius 1 is 0.619 bits per heavy atom. The lowest BCUT2D eigenvalue weighted by Crippen LogP contribution is -1.96. The van der Waals surface area contributed by atoms with Crippen molar-refractivity contribution in [1.29, 1.82) is 0 Å². The van der Waals surface area contributed by atoms with Crippen molar-refractivity contribution in [3.05, 3.63) is 95.7 Å². The maximum Gasteiger partial charge on any atom is 0.150 e. The van der Waals surface area contributed by atoms with E-state index in [0.29, 0.717) is 24.8 Å². The predicted octanol–water partition coefficient (Wildman–Crippen LogP) is 7.36. The maximum atomic E-state index is 6.03. The van der Waals surface area contributed by atoms with Gasteiger partial charge in [-0.1, -0.05) is 24.3 Å². The standard InChI is InChI=1S/2C17H17N3O/c2*1-3-21-7-6-12-9-14-13-5-4-11(2)8-15(13)20-17(18)16(14)19-10-12/h2*4-10H,3H2,1-2H3,(H2,18,20)/b2*7-6-. The van der Waals surface area contributed by atoms with E-state index >= 15 is 0 Å². The third kappa shape index (κ3) is 6.07. The van der Waals surface area contributed by atoms with Gasteiger partial charge in [0.15, 0.2) is 11.6 Å². The smallest absolute Gasteiger partial charge is 0.150 e. The summed E-state index contributed by atoms with van der Waals surface area (Å²) < 4.78 is 10.5. The summed E-state index contributed by atoms with van der Waals surface area (Å²) in [5.74, 6) is 0.923. The molecule has 0 saturated carbocycles. The number of fused-ring (bicyclic) bond motifs is 6. The number of hydrogen-bond acceptors (Lipinski definition) is 8. The fourth-order valence-corrected chi connectivity index (χ4v) is 4.70. The van der Waals surface area contributed by atoms with Gasteiger partial charge in [0.05, 0.1) is 36.8 Å². The number of pyridine rings is 4. The van der Waals surface area contributed by atoms with Crippen molar-refractivity contribution < 1.29 is 9.47 Å². The number of ether oxygens (including phenoxy) is 2. The highest BCUT2D eigenvalue weighted by Crippen LogP contribution is 2.29. The van der Waals surface area contributed by atoms with Gasteiger partial charge in [-0.2, -0.15) is 0 Å². The second kappa shape index (κ2) is 12.5. The normalized spacial score (nSPS) is 11.5. The summed E-state index contributed by atoms with van der Waals surface area (Å²) in [5.41, 5.74) is 19.6. The SMILES string of the molecule is CCO/C=C\c1cnc2c(N)nc3cc(C)ccc3c2c1.CCO/C=C\c1cnc2c(N)nc3cc(C)ccc3c2c1. The Morgan fingerprint density at radius 2 is 1.05 bits per heavy atom. The van der Waals surface area contributed by atoms with Crippen molar-refractivity contribution in [2.45, 2.75) is 27.7 Å². The average Bonchev–Trinajstić information content (AvgIpc) is 2.97. The lowest BCUT2D eigenvalue weighted by molar-refractivity contribution is 0.272. The lowest BCUT2D eigenvalue weighted by atomic mass is 10.1. The molecule has 4 N–H and O–H groups in total. The minimum absolute atomic E-state index is 0.462. The third-order valence-electron chi connectivity index (χ3n) is 6.72. The average molecular weight is 559 g/mol. The van der Waals surface area contributed by atoms with Crippen LogP contribution in [-0.4, -0.2) is 33.1 Å². The van der Waals surface area contributed by atoms with Gasteiger partial charge in [-0.15, -0.1) is 0 Å². The minimum Gasteiger partial charge on any atom is -0.501 e. The molecule has 8 heteroatoms. The Morgan fingerprint density at radius 3 is 1.45 bits per heavy atom. The van der Waals surface area contributed by atoms with Crippen molar-refractivity contribution in [2.75, 3.05) is 24.7 Å². The molecular formula is C34H34N6O2. The zero-order chi connectivity index (χ0) is 29.6. The Bertz CT molecular complexity index is 1820. The van der Waals surface area contributed by atoms with Gasteiger partial charge in [-0.3, -0.25) is 9.97 Å². The zero-order valence-corrected chi connectivity index (χ0v) is 24.3. The van der Waals surface area contributed by atoms with Gasteiger partial charge in [0.25, 0.3) is 0 Å². The molecule has 0 aliphatic carbocycles. The first-order valence-electron chi connectivity index (χ1n) is 13.9. The molecule has 0 amide bonds. The van der Waals surface area contributed by atoms with Crippen LogP contribution >= 0.6 is 0 Å². The van der Waals surface area contributed by atoms with E-state index in [2.05, 4.69) is 56.3 Å². The molecule has 6 rings (SSSR count). The molecule has 6 aromatic rings. The zero-order valence-electron chi connectivity index (χ0n) is 24.3. The van der Waals surface area contributed by atoms with Crippen molar-refractivity contribution in [3.8, 4) is 0 Å². The molecule has 42 heavy (non-hydrogen) atoms. The molecule has 212 valence electrons. The second-order valence-corrected chi connectivity index (χ2v) is 9.88. The van der Waals surface area contributed by atoms with Crippen molar-refractivity contribution in [3.63, 3.8) is 0 Å². The fourth-order valence-electron chi connectivity index (χ4n) is 4.70. The molecule has 0 unspecified atom stereocenters. The molecule has 0 spiro atoms. The first kappa shape index (κ1) is 28.3. The Balaban J connectivity index is 0.000000168. The topological polar surface area (TPSA) is 122 Å². The van der Waals surface area contributed by atoms with Crippen LogP contribution in [0.4, 0.5) is 11.6 Å². The highest BCUT2D eigenvalue weighted by molar-refractivity contribution is 6.09. The number of aryl methyl sites for hydroxylation is 2. The monoisotopic (exact) mass is 558 g/mol. The molecule has 4 heterocycles. The van der Waals surface area contributed by atoms with Gasteiger partial charge in [0, 0.05) is 33.9 Å². The van der Waals surface area contributed by atoms with E-state index in [0.717, 1.165) is 65.9 Å². The number of aromatic nitrogens is 4. The molecule has 8 nitrogen and oxygen atoms in total. The highest BCUT2D eigenvalue weighted by Gasteiger charge is 2.09. The first-order valence-corrected chi connectivity index (χ1v) is 13.9. The lowest BCUT2D eigenvalue weighted by Gasteiger charge is -2.07. The van der Waals surface area contributed by atoms with Gasteiger partial charge in [0.1, 0.15) is 11.0 Å². The van der Waals surface area contributed by atoms with E-state index in [1.807, 2.05) is 52.0 Å². The van der Waals surface area contributed by atoms with Crippen LogP contribution in [0.25, 0.3) is 55.8 Å². The highest BCUT2D eigenvalue weighted by atomic mass is 16.5. The molecule has 2 aromatic carbocycles. The van der Waals surface area contributed by atoms with Crippen LogP contribution < -0.4 is 11.5 Å². The van der Waals surface area contributed by atoms with E-state index in [9.17, 15) is 0 Å². The summed E-state index contributed by atoms with van der Waals surface area (Å²) in [5, 5.41) is 4.14. The Kier molecular flexibility index (Phi) is 8.43. The number of hydrogen-bond donors (Lipinski definition) is 2. The van der Waals surface area contributed by atoms with Gasteiger partial charge >= 0.3 is 0 Å². The first-order chi connectivity index (χ1) is 20.4. The molecule has 0 saturated heterocycles. The van der Waals surface area contributed by atoms with Crippen LogP contribution in [-0.2, 0) is 9.47 Å². The largest absolute Gasteiger partial charge is 0.501 e. The van der Waals surface area contributed by atoms with Gasteiger partial charge in [0.2, 0.25) is 0 Å². The van der Waals surface area contributed by atoms with Crippen LogP contribution in [0.3, 0.4) is 0 Å². The van der Waals surface area contributed by atoms with Crippen molar-refractivity contribution in [2.24, 2.45) is 0 Å². The number of nitrogens with zero attached hydrogens (tertiary/aromatic N) is 4. The Hall–Kier alpha value is -5.24. The van der Waals surface area contributed by atoms with Crippen molar-refractivity contribution >= 4 is 67.4 Å². The molecule has 0 radical (unpaired) electrons. The van der Waals surface area contributed by atoms with Crippen LogP contribution in [0, 0.1) is 13.8 Å². The van der Waals surface area contributed by atoms with Crippen molar-refractivity contribution in [1.82, 2.24) is 19.9 Å². The fraction of sp³-hybridized carbons (Fsp3) is 0.176. The minimum atomic E-state index is 0.462. The molecule has 0 atom stereocenters. The van der Waals surface area contributed by atoms with Gasteiger partial charge in [-0.25, -0.2) is 9.97 Å². The number of benzene rings is 2. The van der Waals surface area contributed by atoms with Gasteiger partial charge < -0.3 is 20.9 Å². The number of nitrogens with two attached hydrogens (primary N) is 2. The maximum absolute atomic E-state index is 6.03. The summed E-state index contributed by atoms with van der Waals surface area (Å²) in [4.78, 5) is 17.8. The molecule has 0 fully saturated rings. The third-order valence-corrected chi connectivity index (χ3v) is 6.72. The van der Waals surface area contributed by atoms with Crippen LogP contribution in [0.2, 0.25) is 0 Å². The molecule has 0 aliphatic heterocycles. The number of rotatable bonds is 6. The molecule has 0 bridgehead atoms. The number of anilines is 2. The summed E-state index contributed by atoms with van der Waals surface area (Å²) >= 11 is 0. The van der Waals surface area contributed by atoms with Crippen LogP contribution in [0.15, 0.2) is 73.4 Å². The summed E-state index contributed by atoms with van der Waals surface area (Å²) in [7, 11) is 0. The molecular weight excluding hydrogens is 524 g/mol. The second-order valence-electron chi connectivity index (χ2n) is 9.88. The quantitative estimate of drug-likeness (QED) is 0.161. The molecule has 4 aromatic heterocycles. The number of nitrogen functional groups attached to an aromatic ring is 2.